The molecule has 0 fully saturated rings. The van der Waals surface area contributed by atoms with E-state index < -0.39 is 0 Å². The molecule has 0 heterocycles. The summed E-state index contributed by atoms with van der Waals surface area (Å²) in [5, 5.41) is 2.76. The highest BCUT2D eigenvalue weighted by molar-refractivity contribution is 5.92. The van der Waals surface area contributed by atoms with Gasteiger partial charge in [-0.3, -0.25) is 4.79 Å². The van der Waals surface area contributed by atoms with E-state index in [4.69, 9.17) is 5.73 Å². The largest absolute Gasteiger partial charge is 0.326 e. The second-order valence-corrected chi connectivity index (χ2v) is 4.66. The molecule has 0 unspecified atom stereocenters. The molecule has 0 spiro atoms. The van der Waals surface area contributed by atoms with E-state index in [0.29, 0.717) is 17.8 Å². The van der Waals surface area contributed by atoms with Crippen molar-refractivity contribution in [2.24, 2.45) is 5.73 Å². The van der Waals surface area contributed by atoms with E-state index in [2.05, 4.69) is 5.32 Å². The molecular weight excluding hydrogens is 255 g/mol. The molecule has 0 atom stereocenters. The normalized spacial score (nSPS) is 10.3. The minimum atomic E-state index is -0.281. The van der Waals surface area contributed by atoms with Crippen LogP contribution >= 0.6 is 0 Å². The minimum Gasteiger partial charge on any atom is -0.326 e. The smallest absolute Gasteiger partial charge is 0.228 e. The third kappa shape index (κ3) is 3.42. The summed E-state index contributed by atoms with van der Waals surface area (Å²) in [5.41, 5.74) is 8.61. The zero-order valence-corrected chi connectivity index (χ0v) is 11.3. The number of aryl methyl sites for hydroxylation is 1. The Labute approximate surface area is 117 Å². The van der Waals surface area contributed by atoms with Gasteiger partial charge in [0.2, 0.25) is 5.91 Å². The van der Waals surface area contributed by atoms with Crippen LogP contribution < -0.4 is 11.1 Å². The summed E-state index contributed by atoms with van der Waals surface area (Å²) in [7, 11) is 0. The van der Waals surface area contributed by atoms with Gasteiger partial charge in [-0.2, -0.15) is 0 Å². The average molecular weight is 272 g/mol. The van der Waals surface area contributed by atoms with E-state index in [1.807, 2.05) is 24.3 Å². The van der Waals surface area contributed by atoms with Crippen LogP contribution in [0.3, 0.4) is 0 Å². The number of anilines is 1. The number of amides is 1. The zero-order chi connectivity index (χ0) is 14.5. The van der Waals surface area contributed by atoms with E-state index in [9.17, 15) is 9.18 Å². The molecule has 4 heteroatoms. The Morgan fingerprint density at radius 1 is 1.20 bits per heavy atom. The van der Waals surface area contributed by atoms with Crippen molar-refractivity contribution in [1.29, 1.82) is 0 Å². The maximum Gasteiger partial charge on any atom is 0.228 e. The Bertz CT molecular complexity index is 626. The number of carbonyl (C=O) groups excluding carboxylic acids is 1. The third-order valence-electron chi connectivity index (χ3n) is 3.13. The fourth-order valence-electron chi connectivity index (χ4n) is 2.03. The molecule has 1 amide bonds. The maximum atomic E-state index is 13.2. The molecule has 104 valence electrons. The van der Waals surface area contributed by atoms with Crippen molar-refractivity contribution in [3.05, 3.63) is 65.0 Å². The van der Waals surface area contributed by atoms with Crippen molar-refractivity contribution in [3.63, 3.8) is 0 Å². The lowest BCUT2D eigenvalue weighted by molar-refractivity contribution is -0.115. The van der Waals surface area contributed by atoms with Crippen molar-refractivity contribution in [2.75, 3.05) is 5.32 Å². The number of hydrogen-bond acceptors (Lipinski definition) is 2. The van der Waals surface area contributed by atoms with Gasteiger partial charge in [0.15, 0.2) is 0 Å². The van der Waals surface area contributed by atoms with Crippen molar-refractivity contribution in [3.8, 4) is 0 Å². The molecule has 3 N–H and O–H groups in total. The summed E-state index contributed by atoms with van der Waals surface area (Å²) in [5.74, 6) is -0.423. The number of hydrogen-bond donors (Lipinski definition) is 2. The van der Waals surface area contributed by atoms with Crippen LogP contribution in [0.1, 0.15) is 16.7 Å². The molecule has 0 aliphatic carbocycles. The lowest BCUT2D eigenvalue weighted by atomic mass is 10.0. The summed E-state index contributed by atoms with van der Waals surface area (Å²) in [6, 6.07) is 12.1. The standard InChI is InChI=1S/C16H17FN2O/c1-11-8-14(6-7-15(11)17)19-16(20)9-12-4-2-3-5-13(12)10-18/h2-8H,9-10,18H2,1H3,(H,19,20). The predicted octanol–water partition coefficient (Wildman–Crippen LogP) is 2.77. The molecule has 0 saturated carbocycles. The van der Waals surface area contributed by atoms with Crippen LogP contribution in [-0.4, -0.2) is 5.91 Å². The van der Waals surface area contributed by atoms with Crippen LogP contribution in [0.4, 0.5) is 10.1 Å². The second kappa shape index (κ2) is 6.30. The van der Waals surface area contributed by atoms with E-state index in [-0.39, 0.29) is 18.1 Å². The molecular formula is C16H17FN2O. The van der Waals surface area contributed by atoms with E-state index in [0.717, 1.165) is 11.1 Å². The summed E-state index contributed by atoms with van der Waals surface area (Å²) in [6.45, 7) is 2.06. The molecule has 0 aliphatic rings. The first-order valence-corrected chi connectivity index (χ1v) is 6.43. The van der Waals surface area contributed by atoms with Gasteiger partial charge >= 0.3 is 0 Å². The fraction of sp³-hybridized carbons (Fsp3) is 0.188. The molecule has 3 nitrogen and oxygen atoms in total. The van der Waals surface area contributed by atoms with E-state index in [1.165, 1.54) is 6.07 Å². The number of halogens is 1. The monoisotopic (exact) mass is 272 g/mol. The van der Waals surface area contributed by atoms with Crippen molar-refractivity contribution >= 4 is 11.6 Å². The first-order chi connectivity index (χ1) is 9.60. The fourth-order valence-corrected chi connectivity index (χ4v) is 2.03. The summed E-state index contributed by atoms with van der Waals surface area (Å²) >= 11 is 0. The van der Waals surface area contributed by atoms with Crippen molar-refractivity contribution < 1.29 is 9.18 Å². The van der Waals surface area contributed by atoms with Gasteiger partial charge in [0.1, 0.15) is 5.82 Å². The van der Waals surface area contributed by atoms with Crippen LogP contribution in [0.15, 0.2) is 42.5 Å². The molecule has 0 saturated heterocycles. The lowest BCUT2D eigenvalue weighted by Gasteiger charge is -2.09. The number of benzene rings is 2. The highest BCUT2D eigenvalue weighted by atomic mass is 19.1. The molecule has 2 aromatic rings. The van der Waals surface area contributed by atoms with Crippen LogP contribution in [0.2, 0.25) is 0 Å². The van der Waals surface area contributed by atoms with Gasteiger partial charge in [0.25, 0.3) is 0 Å². The Morgan fingerprint density at radius 2 is 1.90 bits per heavy atom. The summed E-state index contributed by atoms with van der Waals surface area (Å²) < 4.78 is 13.2. The second-order valence-electron chi connectivity index (χ2n) is 4.66. The Balaban J connectivity index is 2.07. The van der Waals surface area contributed by atoms with Gasteiger partial charge in [-0.05, 0) is 41.8 Å². The van der Waals surface area contributed by atoms with Crippen LogP contribution in [0, 0.1) is 12.7 Å². The van der Waals surface area contributed by atoms with Crippen LogP contribution in [-0.2, 0) is 17.8 Å². The first kappa shape index (κ1) is 14.2. The number of nitrogens with one attached hydrogen (secondary N) is 1. The Morgan fingerprint density at radius 3 is 2.55 bits per heavy atom. The Hall–Kier alpha value is -2.20. The highest BCUT2D eigenvalue weighted by Crippen LogP contribution is 2.15. The van der Waals surface area contributed by atoms with Gasteiger partial charge in [-0.15, -0.1) is 0 Å². The SMILES string of the molecule is Cc1cc(NC(=O)Cc2ccccc2CN)ccc1F. The van der Waals surface area contributed by atoms with E-state index >= 15 is 0 Å². The van der Waals surface area contributed by atoms with Gasteiger partial charge in [0, 0.05) is 12.2 Å². The molecule has 2 rings (SSSR count). The Kier molecular flexibility index (Phi) is 4.48. The lowest BCUT2D eigenvalue weighted by Crippen LogP contribution is -2.16. The third-order valence-corrected chi connectivity index (χ3v) is 3.13. The molecule has 0 bridgehead atoms. The van der Waals surface area contributed by atoms with Crippen LogP contribution in [0.25, 0.3) is 0 Å². The minimum absolute atomic E-state index is 0.142. The van der Waals surface area contributed by atoms with E-state index in [1.54, 1.807) is 19.1 Å². The average Bonchev–Trinajstić information content (AvgIpc) is 2.43. The topological polar surface area (TPSA) is 55.1 Å². The van der Waals surface area contributed by atoms with Crippen molar-refractivity contribution in [2.45, 2.75) is 19.9 Å². The van der Waals surface area contributed by atoms with Gasteiger partial charge < -0.3 is 11.1 Å². The van der Waals surface area contributed by atoms with Crippen molar-refractivity contribution in [1.82, 2.24) is 0 Å². The van der Waals surface area contributed by atoms with Gasteiger partial charge in [-0.25, -0.2) is 4.39 Å². The molecule has 20 heavy (non-hydrogen) atoms. The quantitative estimate of drug-likeness (QED) is 0.899. The molecule has 0 aromatic heterocycles. The maximum absolute atomic E-state index is 13.2. The molecule has 0 aliphatic heterocycles. The zero-order valence-electron chi connectivity index (χ0n) is 11.3. The van der Waals surface area contributed by atoms with Crippen LogP contribution in [0.5, 0.6) is 0 Å². The van der Waals surface area contributed by atoms with Gasteiger partial charge in [-0.1, -0.05) is 24.3 Å². The summed E-state index contributed by atoms with van der Waals surface area (Å²) in [4.78, 5) is 12.0. The number of carbonyl (C=O) groups is 1. The number of rotatable bonds is 4. The predicted molar refractivity (Wildman–Crippen MR) is 77.8 cm³/mol. The summed E-state index contributed by atoms with van der Waals surface area (Å²) in [6.07, 6.45) is 0.254. The highest BCUT2D eigenvalue weighted by Gasteiger charge is 2.08. The van der Waals surface area contributed by atoms with Gasteiger partial charge in [0.05, 0.1) is 6.42 Å². The number of nitrogens with two attached hydrogens (primary N) is 1. The molecule has 0 radical (unpaired) electrons. The molecule has 2 aromatic carbocycles. The first-order valence-electron chi connectivity index (χ1n) is 6.43.